The molecular formula is C16H19F. The Bertz CT molecular complexity index is 466. The first-order valence-electron chi connectivity index (χ1n) is 6.33. The van der Waals surface area contributed by atoms with E-state index in [1.165, 1.54) is 11.1 Å². The van der Waals surface area contributed by atoms with Gasteiger partial charge >= 0.3 is 0 Å². The van der Waals surface area contributed by atoms with Crippen LogP contribution in [0.5, 0.6) is 0 Å². The molecule has 0 bridgehead atoms. The van der Waals surface area contributed by atoms with Gasteiger partial charge in [-0.1, -0.05) is 36.8 Å². The molecule has 0 saturated heterocycles. The molecule has 0 fully saturated rings. The second-order valence-electron chi connectivity index (χ2n) is 4.65. The number of hydrogen-bond donors (Lipinski definition) is 0. The van der Waals surface area contributed by atoms with Gasteiger partial charge in [0.25, 0.3) is 0 Å². The summed E-state index contributed by atoms with van der Waals surface area (Å²) in [6, 6.07) is 5.40. The Morgan fingerprint density at radius 2 is 2.12 bits per heavy atom. The number of halogens is 1. The molecule has 17 heavy (non-hydrogen) atoms. The highest BCUT2D eigenvalue weighted by Crippen LogP contribution is 2.25. The lowest BCUT2D eigenvalue weighted by Gasteiger charge is -2.15. The van der Waals surface area contributed by atoms with E-state index in [1.54, 1.807) is 12.1 Å². The molecule has 0 aromatic heterocycles. The van der Waals surface area contributed by atoms with Crippen molar-refractivity contribution in [2.24, 2.45) is 0 Å². The topological polar surface area (TPSA) is 0 Å². The second-order valence-corrected chi connectivity index (χ2v) is 4.65. The van der Waals surface area contributed by atoms with Crippen LogP contribution in [0.3, 0.4) is 0 Å². The van der Waals surface area contributed by atoms with Gasteiger partial charge in [0.2, 0.25) is 0 Å². The average molecular weight is 230 g/mol. The van der Waals surface area contributed by atoms with E-state index in [1.807, 2.05) is 6.07 Å². The Morgan fingerprint density at radius 1 is 1.29 bits per heavy atom. The smallest absolute Gasteiger partial charge is 0.127 e. The number of allylic oxidation sites excluding steroid dienone is 4. The summed E-state index contributed by atoms with van der Waals surface area (Å²) in [5, 5.41) is 0. The molecule has 0 atom stereocenters. The minimum absolute atomic E-state index is 0.0661. The molecule has 2 rings (SSSR count). The third-order valence-electron chi connectivity index (χ3n) is 3.52. The van der Waals surface area contributed by atoms with Gasteiger partial charge in [-0.15, -0.1) is 0 Å². The Hall–Kier alpha value is -1.37. The molecule has 0 aliphatic heterocycles. The van der Waals surface area contributed by atoms with Crippen molar-refractivity contribution >= 4 is 0 Å². The molecule has 0 amide bonds. The molecule has 1 heteroatoms. The molecule has 0 N–H and O–H groups in total. The van der Waals surface area contributed by atoms with Crippen molar-refractivity contribution in [3.05, 3.63) is 58.4 Å². The van der Waals surface area contributed by atoms with Gasteiger partial charge < -0.3 is 0 Å². The lowest BCUT2D eigenvalue weighted by Crippen LogP contribution is -2.02. The number of rotatable bonds is 3. The fourth-order valence-corrected chi connectivity index (χ4v) is 2.36. The highest BCUT2D eigenvalue weighted by atomic mass is 19.1. The highest BCUT2D eigenvalue weighted by molar-refractivity contribution is 5.38. The molecular weight excluding hydrogens is 211 g/mol. The normalized spacial score (nSPS) is 15.5. The van der Waals surface area contributed by atoms with Gasteiger partial charge in [-0.3, -0.25) is 0 Å². The van der Waals surface area contributed by atoms with Crippen molar-refractivity contribution in [3.8, 4) is 0 Å². The summed E-state index contributed by atoms with van der Waals surface area (Å²) in [6.07, 6.45) is 8.20. The van der Waals surface area contributed by atoms with Gasteiger partial charge in [-0.05, 0) is 49.0 Å². The zero-order valence-corrected chi connectivity index (χ0v) is 10.6. The fourth-order valence-electron chi connectivity index (χ4n) is 2.36. The molecule has 90 valence electrons. The zero-order valence-electron chi connectivity index (χ0n) is 10.6. The maximum Gasteiger partial charge on any atom is 0.127 e. The molecule has 0 radical (unpaired) electrons. The summed E-state index contributed by atoms with van der Waals surface area (Å²) < 4.78 is 13.9. The van der Waals surface area contributed by atoms with Gasteiger partial charge in [0.15, 0.2) is 0 Å². The Kier molecular flexibility index (Phi) is 3.78. The minimum atomic E-state index is -0.0661. The number of benzene rings is 1. The first-order chi connectivity index (χ1) is 8.22. The van der Waals surface area contributed by atoms with Crippen molar-refractivity contribution in [2.45, 2.75) is 39.5 Å². The number of hydrogen-bond acceptors (Lipinski definition) is 0. The van der Waals surface area contributed by atoms with Crippen LogP contribution in [0.1, 0.15) is 37.8 Å². The molecule has 1 aromatic rings. The van der Waals surface area contributed by atoms with E-state index in [0.29, 0.717) is 0 Å². The fraction of sp³-hybridized carbons (Fsp3) is 0.375. The van der Waals surface area contributed by atoms with Gasteiger partial charge in [-0.2, -0.15) is 0 Å². The van der Waals surface area contributed by atoms with Crippen LogP contribution in [0.4, 0.5) is 4.39 Å². The summed E-state index contributed by atoms with van der Waals surface area (Å²) in [6.45, 7) is 4.24. The monoisotopic (exact) mass is 230 g/mol. The highest BCUT2D eigenvalue weighted by Gasteiger charge is 2.11. The third-order valence-corrected chi connectivity index (χ3v) is 3.52. The van der Waals surface area contributed by atoms with E-state index >= 15 is 0 Å². The Morgan fingerprint density at radius 3 is 2.82 bits per heavy atom. The quantitative estimate of drug-likeness (QED) is 0.712. The Labute approximate surface area is 103 Å². The number of aryl methyl sites for hydroxylation is 1. The van der Waals surface area contributed by atoms with Crippen molar-refractivity contribution in [2.75, 3.05) is 0 Å². The van der Waals surface area contributed by atoms with Gasteiger partial charge in [0.1, 0.15) is 5.82 Å². The van der Waals surface area contributed by atoms with Crippen molar-refractivity contribution < 1.29 is 4.39 Å². The van der Waals surface area contributed by atoms with E-state index in [0.717, 1.165) is 36.8 Å². The van der Waals surface area contributed by atoms with Crippen LogP contribution >= 0.6 is 0 Å². The SMILES string of the molecule is CCc1cccc(F)c1CC1=C(C)CCC=C1. The summed E-state index contributed by atoms with van der Waals surface area (Å²) in [7, 11) is 0. The third kappa shape index (κ3) is 2.66. The van der Waals surface area contributed by atoms with E-state index in [4.69, 9.17) is 0 Å². The van der Waals surface area contributed by atoms with Gasteiger partial charge in [-0.25, -0.2) is 4.39 Å². The van der Waals surface area contributed by atoms with Crippen LogP contribution in [0.15, 0.2) is 41.5 Å². The van der Waals surface area contributed by atoms with Crippen LogP contribution in [0.2, 0.25) is 0 Å². The summed E-state index contributed by atoms with van der Waals surface area (Å²) in [5.41, 5.74) is 4.69. The standard InChI is InChI=1S/C16H19F/c1-3-13-9-6-10-16(17)15(13)11-14-8-5-4-7-12(14)2/h5-6,8-10H,3-4,7,11H2,1-2H3. The maximum atomic E-state index is 13.9. The molecule has 0 saturated carbocycles. The predicted octanol–water partition coefficient (Wildman–Crippen LogP) is 4.60. The molecule has 0 nitrogen and oxygen atoms in total. The van der Waals surface area contributed by atoms with Crippen LogP contribution in [0.25, 0.3) is 0 Å². The zero-order chi connectivity index (χ0) is 12.3. The van der Waals surface area contributed by atoms with Crippen LogP contribution in [-0.4, -0.2) is 0 Å². The lowest BCUT2D eigenvalue weighted by atomic mass is 9.91. The van der Waals surface area contributed by atoms with E-state index in [2.05, 4.69) is 26.0 Å². The van der Waals surface area contributed by atoms with Crippen LogP contribution in [-0.2, 0) is 12.8 Å². The lowest BCUT2D eigenvalue weighted by molar-refractivity contribution is 0.610. The first kappa shape index (κ1) is 12.1. The molecule has 0 spiro atoms. The maximum absolute atomic E-state index is 13.9. The van der Waals surface area contributed by atoms with Gasteiger partial charge in [0.05, 0.1) is 0 Å². The predicted molar refractivity (Wildman–Crippen MR) is 70.6 cm³/mol. The van der Waals surface area contributed by atoms with Crippen molar-refractivity contribution in [1.82, 2.24) is 0 Å². The molecule has 0 heterocycles. The van der Waals surface area contributed by atoms with Crippen LogP contribution < -0.4 is 0 Å². The largest absolute Gasteiger partial charge is 0.207 e. The minimum Gasteiger partial charge on any atom is -0.207 e. The summed E-state index contributed by atoms with van der Waals surface area (Å²) >= 11 is 0. The van der Waals surface area contributed by atoms with E-state index in [9.17, 15) is 4.39 Å². The molecule has 1 aromatic carbocycles. The van der Waals surface area contributed by atoms with Crippen molar-refractivity contribution in [1.29, 1.82) is 0 Å². The van der Waals surface area contributed by atoms with Gasteiger partial charge in [0, 0.05) is 6.42 Å². The molecule has 0 unspecified atom stereocenters. The second kappa shape index (κ2) is 5.31. The Balaban J connectivity index is 2.33. The average Bonchev–Trinajstić information content (AvgIpc) is 2.34. The van der Waals surface area contributed by atoms with E-state index < -0.39 is 0 Å². The molecule has 1 aliphatic carbocycles. The van der Waals surface area contributed by atoms with E-state index in [-0.39, 0.29) is 5.82 Å². The van der Waals surface area contributed by atoms with Crippen molar-refractivity contribution in [3.63, 3.8) is 0 Å². The first-order valence-corrected chi connectivity index (χ1v) is 6.33. The van der Waals surface area contributed by atoms with Crippen LogP contribution in [0, 0.1) is 5.82 Å². The summed E-state index contributed by atoms with van der Waals surface area (Å²) in [4.78, 5) is 0. The summed E-state index contributed by atoms with van der Waals surface area (Å²) in [5.74, 6) is -0.0661. The molecule has 1 aliphatic rings.